The molecular formula is C12H13N3. The van der Waals surface area contributed by atoms with Crippen LogP contribution in [-0.4, -0.2) is 9.97 Å². The number of aromatic nitrogens is 2. The predicted molar refractivity (Wildman–Crippen MR) is 60.1 cm³/mol. The van der Waals surface area contributed by atoms with Crippen LogP contribution in [0.25, 0.3) is 11.3 Å². The van der Waals surface area contributed by atoms with E-state index in [1.807, 2.05) is 37.4 Å². The molecule has 0 unspecified atom stereocenters. The van der Waals surface area contributed by atoms with Crippen LogP contribution in [0.15, 0.2) is 36.7 Å². The van der Waals surface area contributed by atoms with E-state index < -0.39 is 0 Å². The minimum absolute atomic E-state index is 0.530. The number of hydrogen-bond donors (Lipinski definition) is 1. The zero-order valence-electron chi connectivity index (χ0n) is 8.64. The lowest BCUT2D eigenvalue weighted by Gasteiger charge is -2.02. The highest BCUT2D eigenvalue weighted by Gasteiger charge is 1.99. The Kier molecular flexibility index (Phi) is 2.74. The molecule has 0 bridgehead atoms. The van der Waals surface area contributed by atoms with Crippen molar-refractivity contribution in [1.29, 1.82) is 0 Å². The highest BCUT2D eigenvalue weighted by atomic mass is 14.7. The van der Waals surface area contributed by atoms with Gasteiger partial charge < -0.3 is 5.73 Å². The number of nitrogens with zero attached hydrogens (tertiary/aromatic N) is 2. The largest absolute Gasteiger partial charge is 0.326 e. The normalized spacial score (nSPS) is 10.3. The zero-order valence-corrected chi connectivity index (χ0v) is 8.64. The highest BCUT2D eigenvalue weighted by molar-refractivity contribution is 5.58. The molecule has 0 aliphatic heterocycles. The second kappa shape index (κ2) is 4.19. The fourth-order valence-corrected chi connectivity index (χ4v) is 1.42. The maximum absolute atomic E-state index is 5.51. The summed E-state index contributed by atoms with van der Waals surface area (Å²) in [5, 5.41) is 0. The molecule has 0 aliphatic carbocycles. The molecule has 0 radical (unpaired) electrons. The molecule has 2 aromatic rings. The van der Waals surface area contributed by atoms with E-state index in [-0.39, 0.29) is 0 Å². The summed E-state index contributed by atoms with van der Waals surface area (Å²) >= 11 is 0. The van der Waals surface area contributed by atoms with Crippen molar-refractivity contribution in [2.45, 2.75) is 13.5 Å². The molecule has 3 heteroatoms. The van der Waals surface area contributed by atoms with Crippen LogP contribution in [0.1, 0.15) is 11.3 Å². The van der Waals surface area contributed by atoms with Gasteiger partial charge in [-0.15, -0.1) is 0 Å². The first-order valence-corrected chi connectivity index (χ1v) is 4.87. The Balaban J connectivity index is 2.37. The van der Waals surface area contributed by atoms with Crippen LogP contribution in [0, 0.1) is 6.92 Å². The van der Waals surface area contributed by atoms with E-state index in [9.17, 15) is 0 Å². The van der Waals surface area contributed by atoms with Gasteiger partial charge in [-0.25, -0.2) is 0 Å². The van der Waals surface area contributed by atoms with Crippen molar-refractivity contribution in [2.24, 2.45) is 5.73 Å². The van der Waals surface area contributed by atoms with E-state index >= 15 is 0 Å². The first kappa shape index (κ1) is 9.80. The van der Waals surface area contributed by atoms with E-state index in [2.05, 4.69) is 9.97 Å². The van der Waals surface area contributed by atoms with Crippen LogP contribution in [0.5, 0.6) is 0 Å². The summed E-state index contributed by atoms with van der Waals surface area (Å²) in [6, 6.07) is 7.96. The minimum Gasteiger partial charge on any atom is -0.326 e. The van der Waals surface area contributed by atoms with Gasteiger partial charge >= 0.3 is 0 Å². The average Bonchev–Trinajstić information content (AvgIpc) is 2.29. The van der Waals surface area contributed by atoms with Crippen molar-refractivity contribution in [3.63, 3.8) is 0 Å². The number of pyridine rings is 2. The number of rotatable bonds is 2. The fourth-order valence-electron chi connectivity index (χ4n) is 1.42. The fraction of sp³-hybridized carbons (Fsp3) is 0.167. The van der Waals surface area contributed by atoms with Crippen LogP contribution in [-0.2, 0) is 6.54 Å². The molecular weight excluding hydrogens is 186 g/mol. The van der Waals surface area contributed by atoms with Gasteiger partial charge in [-0.3, -0.25) is 9.97 Å². The molecule has 2 rings (SSSR count). The lowest BCUT2D eigenvalue weighted by Crippen LogP contribution is -1.97. The summed E-state index contributed by atoms with van der Waals surface area (Å²) in [7, 11) is 0. The minimum atomic E-state index is 0.530. The van der Waals surface area contributed by atoms with Crippen molar-refractivity contribution < 1.29 is 0 Å². The molecule has 76 valence electrons. The standard InChI is InChI=1S/C12H13N3/c1-9-6-11(4-5-14-9)12-3-2-10(7-13)8-15-12/h2-6,8H,7,13H2,1H3. The van der Waals surface area contributed by atoms with E-state index in [0.717, 1.165) is 22.5 Å². The summed E-state index contributed by atoms with van der Waals surface area (Å²) in [4.78, 5) is 8.50. The molecule has 15 heavy (non-hydrogen) atoms. The van der Waals surface area contributed by atoms with Crippen LogP contribution in [0.2, 0.25) is 0 Å². The number of aryl methyl sites for hydroxylation is 1. The molecule has 0 aliphatic rings. The number of hydrogen-bond acceptors (Lipinski definition) is 3. The van der Waals surface area contributed by atoms with Gasteiger partial charge in [-0.1, -0.05) is 6.07 Å². The third kappa shape index (κ3) is 2.19. The van der Waals surface area contributed by atoms with E-state index in [1.54, 1.807) is 6.20 Å². The van der Waals surface area contributed by atoms with E-state index in [1.165, 1.54) is 0 Å². The SMILES string of the molecule is Cc1cc(-c2ccc(CN)cn2)ccn1. The van der Waals surface area contributed by atoms with Gasteiger partial charge in [0.15, 0.2) is 0 Å². The van der Waals surface area contributed by atoms with Gasteiger partial charge in [0, 0.05) is 30.2 Å². The monoisotopic (exact) mass is 199 g/mol. The zero-order chi connectivity index (χ0) is 10.7. The summed E-state index contributed by atoms with van der Waals surface area (Å²) < 4.78 is 0. The maximum Gasteiger partial charge on any atom is 0.0703 e. The Labute approximate surface area is 89.0 Å². The topological polar surface area (TPSA) is 51.8 Å². The Morgan fingerprint density at radius 1 is 1.20 bits per heavy atom. The van der Waals surface area contributed by atoms with E-state index in [4.69, 9.17) is 5.73 Å². The first-order valence-electron chi connectivity index (χ1n) is 4.87. The van der Waals surface area contributed by atoms with Gasteiger partial charge in [-0.2, -0.15) is 0 Å². The van der Waals surface area contributed by atoms with Gasteiger partial charge in [0.2, 0.25) is 0 Å². The maximum atomic E-state index is 5.51. The Bertz CT molecular complexity index is 449. The Hall–Kier alpha value is -1.74. The first-order chi connectivity index (χ1) is 7.29. The van der Waals surface area contributed by atoms with Crippen molar-refractivity contribution in [2.75, 3.05) is 0 Å². The van der Waals surface area contributed by atoms with Gasteiger partial charge in [-0.05, 0) is 30.7 Å². The molecule has 0 fully saturated rings. The number of nitrogens with two attached hydrogens (primary N) is 1. The summed E-state index contributed by atoms with van der Waals surface area (Å²) in [6.45, 7) is 2.50. The van der Waals surface area contributed by atoms with Crippen LogP contribution >= 0.6 is 0 Å². The van der Waals surface area contributed by atoms with Crippen molar-refractivity contribution in [3.8, 4) is 11.3 Å². The quantitative estimate of drug-likeness (QED) is 0.803. The van der Waals surface area contributed by atoms with Gasteiger partial charge in [0.05, 0.1) is 5.69 Å². The van der Waals surface area contributed by atoms with Crippen molar-refractivity contribution in [1.82, 2.24) is 9.97 Å². The molecule has 2 heterocycles. The molecule has 3 nitrogen and oxygen atoms in total. The molecule has 0 spiro atoms. The second-order valence-corrected chi connectivity index (χ2v) is 3.44. The third-order valence-electron chi connectivity index (χ3n) is 2.25. The molecule has 0 saturated heterocycles. The summed E-state index contributed by atoms with van der Waals surface area (Å²) in [6.07, 6.45) is 3.61. The molecule has 0 aromatic carbocycles. The Morgan fingerprint density at radius 3 is 2.67 bits per heavy atom. The average molecular weight is 199 g/mol. The second-order valence-electron chi connectivity index (χ2n) is 3.44. The molecule has 0 atom stereocenters. The smallest absolute Gasteiger partial charge is 0.0703 e. The molecule has 0 saturated carbocycles. The lowest BCUT2D eigenvalue weighted by atomic mass is 10.1. The van der Waals surface area contributed by atoms with E-state index in [0.29, 0.717) is 6.54 Å². The van der Waals surface area contributed by atoms with Gasteiger partial charge in [0.1, 0.15) is 0 Å². The molecule has 2 N–H and O–H groups in total. The van der Waals surface area contributed by atoms with Gasteiger partial charge in [0.25, 0.3) is 0 Å². The molecule has 0 amide bonds. The molecule has 2 aromatic heterocycles. The summed E-state index contributed by atoms with van der Waals surface area (Å²) in [5.74, 6) is 0. The third-order valence-corrected chi connectivity index (χ3v) is 2.25. The Morgan fingerprint density at radius 2 is 2.07 bits per heavy atom. The summed E-state index contributed by atoms with van der Waals surface area (Å²) in [5.41, 5.74) is 9.60. The predicted octanol–water partition coefficient (Wildman–Crippen LogP) is 1.91. The van der Waals surface area contributed by atoms with Crippen molar-refractivity contribution >= 4 is 0 Å². The van der Waals surface area contributed by atoms with Crippen LogP contribution < -0.4 is 5.73 Å². The van der Waals surface area contributed by atoms with Crippen LogP contribution in [0.3, 0.4) is 0 Å². The van der Waals surface area contributed by atoms with Crippen molar-refractivity contribution in [3.05, 3.63) is 47.9 Å². The van der Waals surface area contributed by atoms with Crippen LogP contribution in [0.4, 0.5) is 0 Å². The lowest BCUT2D eigenvalue weighted by molar-refractivity contribution is 1.05. The highest BCUT2D eigenvalue weighted by Crippen LogP contribution is 2.16.